The molecular formula is C16H19ClN2O. The summed E-state index contributed by atoms with van der Waals surface area (Å²) in [6, 6.07) is 14.6. The van der Waals surface area contributed by atoms with Gasteiger partial charge in [-0.25, -0.2) is 0 Å². The van der Waals surface area contributed by atoms with Crippen molar-refractivity contribution in [3.63, 3.8) is 0 Å². The molecule has 106 valence electrons. The molecule has 0 N–H and O–H groups in total. The second-order valence-electron chi connectivity index (χ2n) is 4.87. The van der Waals surface area contributed by atoms with Crippen LogP contribution in [0.1, 0.15) is 17.2 Å². The van der Waals surface area contributed by atoms with E-state index >= 15 is 0 Å². The van der Waals surface area contributed by atoms with Crippen molar-refractivity contribution in [2.45, 2.75) is 12.6 Å². The first-order chi connectivity index (χ1) is 9.42. The number of halogens is 1. The van der Waals surface area contributed by atoms with E-state index in [0.29, 0.717) is 0 Å². The van der Waals surface area contributed by atoms with Gasteiger partial charge in [0, 0.05) is 37.6 Å². The Kier molecular flexibility index (Phi) is 5.53. The van der Waals surface area contributed by atoms with E-state index in [0.717, 1.165) is 26.2 Å². The number of nitrogens with zero attached hydrogens (tertiary/aromatic N) is 2. The standard InChI is InChI=1S/C16H18N2O.ClH/c1-2-5-14(6-3-1)12-18-9-10-19-16(13-18)15-7-4-8-17-11-15;/h1-8,11,16H,9-10,12-13H2;1H. The highest BCUT2D eigenvalue weighted by atomic mass is 35.5. The number of hydrogen-bond donors (Lipinski definition) is 0. The van der Waals surface area contributed by atoms with Crippen LogP contribution in [-0.2, 0) is 11.3 Å². The number of ether oxygens (including phenoxy) is 1. The molecule has 20 heavy (non-hydrogen) atoms. The third-order valence-corrected chi connectivity index (χ3v) is 3.46. The number of aromatic nitrogens is 1. The van der Waals surface area contributed by atoms with E-state index in [1.807, 2.05) is 12.3 Å². The number of morpholine rings is 1. The van der Waals surface area contributed by atoms with Crippen LogP contribution in [0.5, 0.6) is 0 Å². The first-order valence-electron chi connectivity index (χ1n) is 6.69. The minimum absolute atomic E-state index is 0. The molecule has 1 fully saturated rings. The fourth-order valence-electron chi connectivity index (χ4n) is 2.46. The van der Waals surface area contributed by atoms with Gasteiger partial charge in [0.25, 0.3) is 0 Å². The van der Waals surface area contributed by atoms with Crippen molar-refractivity contribution in [3.05, 3.63) is 66.0 Å². The van der Waals surface area contributed by atoms with Gasteiger partial charge in [0.2, 0.25) is 0 Å². The molecule has 3 nitrogen and oxygen atoms in total. The highest BCUT2D eigenvalue weighted by Gasteiger charge is 2.21. The molecule has 0 amide bonds. The molecule has 1 saturated heterocycles. The molecular weight excluding hydrogens is 272 g/mol. The van der Waals surface area contributed by atoms with Crippen LogP contribution in [0.2, 0.25) is 0 Å². The third kappa shape index (κ3) is 3.79. The molecule has 1 unspecified atom stereocenters. The lowest BCUT2D eigenvalue weighted by atomic mass is 10.1. The molecule has 4 heteroatoms. The van der Waals surface area contributed by atoms with Gasteiger partial charge in [0.15, 0.2) is 0 Å². The van der Waals surface area contributed by atoms with E-state index in [9.17, 15) is 0 Å². The summed E-state index contributed by atoms with van der Waals surface area (Å²) in [4.78, 5) is 6.61. The Morgan fingerprint density at radius 3 is 2.75 bits per heavy atom. The fraction of sp³-hybridized carbons (Fsp3) is 0.312. The van der Waals surface area contributed by atoms with Gasteiger partial charge >= 0.3 is 0 Å². The maximum absolute atomic E-state index is 5.85. The van der Waals surface area contributed by atoms with Gasteiger partial charge in [-0.05, 0) is 11.6 Å². The zero-order valence-corrected chi connectivity index (χ0v) is 12.1. The summed E-state index contributed by atoms with van der Waals surface area (Å²) < 4.78 is 5.85. The Bertz CT molecular complexity index is 506. The number of rotatable bonds is 3. The van der Waals surface area contributed by atoms with Gasteiger partial charge in [-0.3, -0.25) is 9.88 Å². The maximum atomic E-state index is 5.85. The number of hydrogen-bond acceptors (Lipinski definition) is 3. The molecule has 2 heterocycles. The molecule has 1 aliphatic rings. The minimum atomic E-state index is 0. The molecule has 0 bridgehead atoms. The molecule has 0 radical (unpaired) electrons. The molecule has 0 aliphatic carbocycles. The van der Waals surface area contributed by atoms with Crippen LogP contribution in [0.25, 0.3) is 0 Å². The summed E-state index contributed by atoms with van der Waals surface area (Å²) in [5.41, 5.74) is 2.52. The van der Waals surface area contributed by atoms with E-state index < -0.39 is 0 Å². The van der Waals surface area contributed by atoms with Gasteiger partial charge in [0.1, 0.15) is 0 Å². The molecule has 1 aromatic heterocycles. The lowest BCUT2D eigenvalue weighted by Crippen LogP contribution is -2.37. The summed E-state index contributed by atoms with van der Waals surface area (Å²) in [5, 5.41) is 0. The molecule has 0 spiro atoms. The molecule has 1 aliphatic heterocycles. The van der Waals surface area contributed by atoms with Gasteiger partial charge in [-0.15, -0.1) is 12.4 Å². The fourth-order valence-corrected chi connectivity index (χ4v) is 2.46. The molecule has 1 aromatic carbocycles. The van der Waals surface area contributed by atoms with Crippen LogP contribution in [-0.4, -0.2) is 29.6 Å². The monoisotopic (exact) mass is 290 g/mol. The van der Waals surface area contributed by atoms with Crippen LogP contribution >= 0.6 is 12.4 Å². The van der Waals surface area contributed by atoms with Crippen LogP contribution < -0.4 is 0 Å². The summed E-state index contributed by atoms with van der Waals surface area (Å²) >= 11 is 0. The van der Waals surface area contributed by atoms with Gasteiger partial charge in [-0.2, -0.15) is 0 Å². The molecule has 1 atom stereocenters. The third-order valence-electron chi connectivity index (χ3n) is 3.46. The minimum Gasteiger partial charge on any atom is -0.371 e. The van der Waals surface area contributed by atoms with E-state index in [1.54, 1.807) is 6.20 Å². The SMILES string of the molecule is Cl.c1ccc(CN2CCOC(c3cccnc3)C2)cc1. The first-order valence-corrected chi connectivity index (χ1v) is 6.69. The van der Waals surface area contributed by atoms with E-state index in [4.69, 9.17) is 4.74 Å². The Morgan fingerprint density at radius 2 is 2.00 bits per heavy atom. The van der Waals surface area contributed by atoms with Crippen LogP contribution in [0.3, 0.4) is 0 Å². The zero-order chi connectivity index (χ0) is 12.9. The lowest BCUT2D eigenvalue weighted by Gasteiger charge is -2.33. The average Bonchev–Trinajstić information content (AvgIpc) is 2.49. The Balaban J connectivity index is 0.00000147. The summed E-state index contributed by atoms with van der Waals surface area (Å²) in [6.07, 6.45) is 3.84. The summed E-state index contributed by atoms with van der Waals surface area (Å²) in [6.45, 7) is 3.69. The maximum Gasteiger partial charge on any atom is 0.0967 e. The Labute approximate surface area is 126 Å². The van der Waals surface area contributed by atoms with Crippen molar-refractivity contribution in [3.8, 4) is 0 Å². The predicted octanol–water partition coefficient (Wildman–Crippen LogP) is 3.08. The lowest BCUT2D eigenvalue weighted by molar-refractivity contribution is -0.0330. The van der Waals surface area contributed by atoms with Crippen molar-refractivity contribution in [2.24, 2.45) is 0 Å². The second-order valence-corrected chi connectivity index (χ2v) is 4.87. The normalized spacial score (nSPS) is 19.3. The summed E-state index contributed by atoms with van der Waals surface area (Å²) in [5.74, 6) is 0. The van der Waals surface area contributed by atoms with Crippen LogP contribution in [0.4, 0.5) is 0 Å². The number of benzene rings is 1. The van der Waals surface area contributed by atoms with Crippen molar-refractivity contribution >= 4 is 12.4 Å². The van der Waals surface area contributed by atoms with Crippen molar-refractivity contribution in [1.29, 1.82) is 0 Å². The van der Waals surface area contributed by atoms with Crippen LogP contribution in [0, 0.1) is 0 Å². The Hall–Kier alpha value is -1.42. The number of pyridine rings is 1. The second kappa shape index (κ2) is 7.39. The highest BCUT2D eigenvalue weighted by molar-refractivity contribution is 5.85. The predicted molar refractivity (Wildman–Crippen MR) is 81.9 cm³/mol. The Morgan fingerprint density at radius 1 is 1.15 bits per heavy atom. The van der Waals surface area contributed by atoms with Crippen LogP contribution in [0.15, 0.2) is 54.9 Å². The summed E-state index contributed by atoms with van der Waals surface area (Å²) in [7, 11) is 0. The van der Waals surface area contributed by atoms with E-state index in [-0.39, 0.29) is 18.5 Å². The highest BCUT2D eigenvalue weighted by Crippen LogP contribution is 2.22. The molecule has 0 saturated carbocycles. The molecule has 2 aromatic rings. The first kappa shape index (κ1) is 15.0. The van der Waals surface area contributed by atoms with E-state index in [2.05, 4.69) is 46.3 Å². The molecule has 3 rings (SSSR count). The van der Waals surface area contributed by atoms with Gasteiger partial charge in [-0.1, -0.05) is 36.4 Å². The largest absolute Gasteiger partial charge is 0.371 e. The van der Waals surface area contributed by atoms with Gasteiger partial charge < -0.3 is 4.74 Å². The van der Waals surface area contributed by atoms with Crippen molar-refractivity contribution in [2.75, 3.05) is 19.7 Å². The quantitative estimate of drug-likeness (QED) is 0.869. The van der Waals surface area contributed by atoms with E-state index in [1.165, 1.54) is 11.1 Å². The van der Waals surface area contributed by atoms with Gasteiger partial charge in [0.05, 0.1) is 12.7 Å². The topological polar surface area (TPSA) is 25.4 Å². The average molecular weight is 291 g/mol. The van der Waals surface area contributed by atoms with Crippen molar-refractivity contribution in [1.82, 2.24) is 9.88 Å². The van der Waals surface area contributed by atoms with Crippen molar-refractivity contribution < 1.29 is 4.74 Å². The smallest absolute Gasteiger partial charge is 0.0967 e. The zero-order valence-electron chi connectivity index (χ0n) is 11.3.